The van der Waals surface area contributed by atoms with Crippen LogP contribution in [0.2, 0.25) is 0 Å². The van der Waals surface area contributed by atoms with E-state index in [1.807, 2.05) is 64.8 Å². The van der Waals surface area contributed by atoms with Gasteiger partial charge in [-0.05, 0) is 60.7 Å². The highest BCUT2D eigenvalue weighted by Crippen LogP contribution is 2.23. The molecular weight excluding hydrogens is 362 g/mol. The predicted octanol–water partition coefficient (Wildman–Crippen LogP) is 4.25. The first kappa shape index (κ1) is 17.5. The third-order valence-corrected chi connectivity index (χ3v) is 6.57. The van der Waals surface area contributed by atoms with Crippen molar-refractivity contribution in [2.75, 3.05) is 11.5 Å². The summed E-state index contributed by atoms with van der Waals surface area (Å²) in [7, 11) is 0. The molecule has 1 fully saturated rings. The van der Waals surface area contributed by atoms with Crippen molar-refractivity contribution in [1.29, 1.82) is 0 Å². The summed E-state index contributed by atoms with van der Waals surface area (Å²) in [5.41, 5.74) is 2.76. The van der Waals surface area contributed by atoms with E-state index in [0.717, 1.165) is 51.9 Å². The molecule has 1 saturated heterocycles. The molecule has 6 heteroatoms. The van der Waals surface area contributed by atoms with E-state index in [4.69, 9.17) is 0 Å². The van der Waals surface area contributed by atoms with Crippen molar-refractivity contribution in [2.24, 2.45) is 0 Å². The number of rotatable bonds is 5. The Labute approximate surface area is 161 Å². The minimum atomic E-state index is 0.0406. The van der Waals surface area contributed by atoms with Crippen molar-refractivity contribution in [3.63, 3.8) is 0 Å². The highest BCUT2D eigenvalue weighted by Gasteiger charge is 2.16. The topological polar surface area (TPSA) is 46.4 Å². The van der Waals surface area contributed by atoms with Crippen molar-refractivity contribution in [3.05, 3.63) is 66.1 Å². The molecule has 4 nitrogen and oxygen atoms in total. The van der Waals surface area contributed by atoms with Crippen molar-refractivity contribution in [1.82, 2.24) is 14.7 Å². The second-order valence-electron chi connectivity index (χ2n) is 6.37. The van der Waals surface area contributed by atoms with E-state index in [0.29, 0.717) is 6.04 Å². The zero-order chi connectivity index (χ0) is 17.8. The van der Waals surface area contributed by atoms with Crippen molar-refractivity contribution < 1.29 is 4.79 Å². The number of carbonyl (C=O) groups excluding carboxylic acids is 1. The molecule has 3 aromatic rings. The summed E-state index contributed by atoms with van der Waals surface area (Å²) in [6.07, 6.45) is 6.22. The summed E-state index contributed by atoms with van der Waals surface area (Å²) in [6, 6.07) is 14.2. The van der Waals surface area contributed by atoms with Gasteiger partial charge in [0.05, 0.1) is 5.69 Å². The number of nitrogens with one attached hydrogen (secondary N) is 1. The van der Waals surface area contributed by atoms with Crippen LogP contribution in [0.5, 0.6) is 0 Å². The van der Waals surface area contributed by atoms with Gasteiger partial charge in [-0.25, -0.2) is 4.98 Å². The number of nitrogens with zero attached hydrogens (tertiary/aromatic N) is 2. The van der Waals surface area contributed by atoms with Crippen LogP contribution in [0.3, 0.4) is 0 Å². The quantitative estimate of drug-likeness (QED) is 0.669. The molecule has 3 heterocycles. The van der Waals surface area contributed by atoms with Crippen LogP contribution in [0.15, 0.2) is 59.8 Å². The lowest BCUT2D eigenvalue weighted by atomic mass is 10.1. The molecule has 0 saturated carbocycles. The Balaban J connectivity index is 1.34. The average Bonchev–Trinajstić information content (AvgIpc) is 3.10. The third-order valence-electron chi connectivity index (χ3n) is 4.47. The number of hydrogen-bond acceptors (Lipinski definition) is 4. The summed E-state index contributed by atoms with van der Waals surface area (Å²) >= 11 is 3.70. The average molecular weight is 384 g/mol. The number of carbonyl (C=O) groups is 1. The first-order valence-corrected chi connectivity index (χ1v) is 11.0. The van der Waals surface area contributed by atoms with Gasteiger partial charge in [0.15, 0.2) is 0 Å². The van der Waals surface area contributed by atoms with Crippen LogP contribution in [0.25, 0.3) is 5.65 Å². The molecule has 1 N–H and O–H groups in total. The minimum absolute atomic E-state index is 0.0406. The van der Waals surface area contributed by atoms with Gasteiger partial charge in [-0.15, -0.1) is 11.8 Å². The Morgan fingerprint density at radius 3 is 2.77 bits per heavy atom. The second-order valence-corrected chi connectivity index (χ2v) is 8.65. The predicted molar refractivity (Wildman–Crippen MR) is 109 cm³/mol. The number of benzene rings is 1. The molecule has 1 amide bonds. The summed E-state index contributed by atoms with van der Waals surface area (Å²) in [5.74, 6) is 3.14. The molecular formula is C20H21N3OS2. The number of thioether (sulfide) groups is 2. The summed E-state index contributed by atoms with van der Waals surface area (Å²) in [4.78, 5) is 18.1. The highest BCUT2D eigenvalue weighted by molar-refractivity contribution is 7.99. The van der Waals surface area contributed by atoms with Crippen LogP contribution in [-0.4, -0.2) is 32.8 Å². The van der Waals surface area contributed by atoms with Crippen LogP contribution in [0, 0.1) is 0 Å². The van der Waals surface area contributed by atoms with Crippen LogP contribution in [0.1, 0.15) is 28.9 Å². The van der Waals surface area contributed by atoms with E-state index < -0.39 is 0 Å². The Morgan fingerprint density at radius 1 is 1.19 bits per heavy atom. The zero-order valence-electron chi connectivity index (χ0n) is 14.4. The van der Waals surface area contributed by atoms with Crippen molar-refractivity contribution >= 4 is 35.1 Å². The van der Waals surface area contributed by atoms with E-state index in [1.54, 1.807) is 11.8 Å². The molecule has 1 aliphatic rings. The molecule has 1 aromatic carbocycles. The van der Waals surface area contributed by atoms with Gasteiger partial charge >= 0.3 is 0 Å². The minimum Gasteiger partial charge on any atom is -0.349 e. The monoisotopic (exact) mass is 383 g/mol. The maximum atomic E-state index is 12.4. The van der Waals surface area contributed by atoms with Gasteiger partial charge in [0.2, 0.25) is 0 Å². The molecule has 0 atom stereocenters. The van der Waals surface area contributed by atoms with E-state index in [2.05, 4.69) is 16.5 Å². The maximum Gasteiger partial charge on any atom is 0.251 e. The van der Waals surface area contributed by atoms with Crippen molar-refractivity contribution in [2.45, 2.75) is 29.5 Å². The number of pyridine rings is 1. The Hall–Kier alpha value is -1.92. The van der Waals surface area contributed by atoms with Gasteiger partial charge in [-0.2, -0.15) is 11.8 Å². The second kappa shape index (κ2) is 8.18. The fourth-order valence-corrected chi connectivity index (χ4v) is 4.92. The van der Waals surface area contributed by atoms with Crippen molar-refractivity contribution in [3.8, 4) is 0 Å². The number of aromatic nitrogens is 2. The number of amides is 1. The molecule has 134 valence electrons. The van der Waals surface area contributed by atoms with Crippen LogP contribution in [0.4, 0.5) is 0 Å². The lowest BCUT2D eigenvalue weighted by molar-refractivity contribution is 0.0935. The van der Waals surface area contributed by atoms with Gasteiger partial charge in [0, 0.05) is 34.6 Å². The smallest absolute Gasteiger partial charge is 0.251 e. The van der Waals surface area contributed by atoms with Gasteiger partial charge in [-0.1, -0.05) is 6.07 Å². The largest absolute Gasteiger partial charge is 0.349 e. The van der Waals surface area contributed by atoms with E-state index in [9.17, 15) is 4.79 Å². The number of hydrogen-bond donors (Lipinski definition) is 1. The van der Waals surface area contributed by atoms with Crippen LogP contribution in [-0.2, 0) is 5.75 Å². The van der Waals surface area contributed by atoms with Gasteiger partial charge in [0.1, 0.15) is 5.65 Å². The SMILES string of the molecule is O=C(NC1CCSCC1)c1ccc(SCc2cn3ccccc3n2)cc1. The molecule has 0 aliphatic carbocycles. The fraction of sp³-hybridized carbons (Fsp3) is 0.300. The highest BCUT2D eigenvalue weighted by atomic mass is 32.2. The number of imidazole rings is 1. The Kier molecular flexibility index (Phi) is 5.51. The molecule has 1 aliphatic heterocycles. The Morgan fingerprint density at radius 2 is 2.00 bits per heavy atom. The molecule has 0 unspecified atom stereocenters. The standard InChI is InChI=1S/C20H21N3OS2/c24-20(22-16-8-11-25-12-9-16)15-4-6-18(7-5-15)26-14-17-13-23-10-2-1-3-19(23)21-17/h1-7,10,13,16H,8-9,11-12,14H2,(H,22,24). The molecule has 0 radical (unpaired) electrons. The van der Waals surface area contributed by atoms with Gasteiger partial charge in [-0.3, -0.25) is 4.79 Å². The molecule has 0 spiro atoms. The molecule has 2 aromatic heterocycles. The Bertz CT molecular complexity index is 852. The molecule has 4 rings (SSSR count). The van der Waals surface area contributed by atoms with Gasteiger partial charge < -0.3 is 9.72 Å². The number of fused-ring (bicyclic) bond motifs is 1. The molecule has 0 bridgehead atoms. The van der Waals surface area contributed by atoms with Crippen LogP contribution >= 0.6 is 23.5 Å². The summed E-state index contributed by atoms with van der Waals surface area (Å²) in [6.45, 7) is 0. The normalized spacial score (nSPS) is 15.2. The first-order chi connectivity index (χ1) is 12.8. The van der Waals surface area contributed by atoms with Gasteiger partial charge in [0.25, 0.3) is 5.91 Å². The fourth-order valence-electron chi connectivity index (χ4n) is 3.03. The van der Waals surface area contributed by atoms with E-state index in [-0.39, 0.29) is 5.91 Å². The lowest BCUT2D eigenvalue weighted by Crippen LogP contribution is -2.37. The molecule has 26 heavy (non-hydrogen) atoms. The maximum absolute atomic E-state index is 12.4. The lowest BCUT2D eigenvalue weighted by Gasteiger charge is -2.22. The van der Waals surface area contributed by atoms with E-state index >= 15 is 0 Å². The third kappa shape index (κ3) is 4.24. The zero-order valence-corrected chi connectivity index (χ0v) is 16.1. The summed E-state index contributed by atoms with van der Waals surface area (Å²) in [5, 5.41) is 3.16. The van der Waals surface area contributed by atoms with E-state index in [1.165, 1.54) is 0 Å². The first-order valence-electron chi connectivity index (χ1n) is 8.82. The van der Waals surface area contributed by atoms with Crippen LogP contribution < -0.4 is 5.32 Å². The summed E-state index contributed by atoms with van der Waals surface area (Å²) < 4.78 is 2.03.